The van der Waals surface area contributed by atoms with Crippen LogP contribution in [0.4, 0.5) is 0 Å². The summed E-state index contributed by atoms with van der Waals surface area (Å²) in [6, 6.07) is 4.71. The molecule has 0 aliphatic heterocycles. The molecule has 1 aliphatic carbocycles. The molecule has 1 aromatic rings. The van der Waals surface area contributed by atoms with E-state index in [1.54, 1.807) is 11.3 Å². The van der Waals surface area contributed by atoms with E-state index >= 15 is 0 Å². The Morgan fingerprint density at radius 2 is 2.06 bits per heavy atom. The van der Waals surface area contributed by atoms with Crippen molar-refractivity contribution >= 4 is 22.9 Å². The van der Waals surface area contributed by atoms with Crippen molar-refractivity contribution in [3.63, 3.8) is 0 Å². The third-order valence-corrected chi connectivity index (χ3v) is 5.59. The number of hydrogen-bond acceptors (Lipinski definition) is 2. The first kappa shape index (κ1) is 14.4. The first-order valence-corrected chi connectivity index (χ1v) is 8.36. The fourth-order valence-corrected chi connectivity index (χ4v) is 4.59. The molecule has 1 aliphatic rings. The van der Waals surface area contributed by atoms with Crippen molar-refractivity contribution in [2.24, 2.45) is 11.8 Å². The molecule has 0 aromatic carbocycles. The number of hydrogen-bond donors (Lipinski definition) is 1. The van der Waals surface area contributed by atoms with Gasteiger partial charge >= 0.3 is 0 Å². The third kappa shape index (κ3) is 3.49. The van der Waals surface area contributed by atoms with E-state index in [9.17, 15) is 0 Å². The van der Waals surface area contributed by atoms with Crippen molar-refractivity contribution in [3.8, 4) is 0 Å². The van der Waals surface area contributed by atoms with Crippen molar-refractivity contribution in [1.29, 1.82) is 0 Å². The molecule has 1 nitrogen and oxygen atoms in total. The van der Waals surface area contributed by atoms with Crippen LogP contribution in [0.1, 0.15) is 56.4 Å². The smallest absolute Gasteiger partial charge is 0.0931 e. The maximum absolute atomic E-state index is 6.06. The largest absolute Gasteiger partial charge is 0.312 e. The predicted molar refractivity (Wildman–Crippen MR) is 81.5 cm³/mol. The Kier molecular flexibility index (Phi) is 5.53. The van der Waals surface area contributed by atoms with Crippen molar-refractivity contribution < 1.29 is 0 Å². The molecule has 1 aromatic heterocycles. The summed E-state index contributed by atoms with van der Waals surface area (Å²) in [6.45, 7) is 2.30. The molecule has 1 N–H and O–H groups in total. The summed E-state index contributed by atoms with van der Waals surface area (Å²) in [4.78, 5) is 1.40. The maximum atomic E-state index is 6.06. The highest BCUT2D eigenvalue weighted by Gasteiger charge is 2.28. The highest BCUT2D eigenvalue weighted by atomic mass is 35.5. The fourth-order valence-electron chi connectivity index (χ4n) is 3.32. The van der Waals surface area contributed by atoms with Crippen molar-refractivity contribution in [2.75, 3.05) is 7.05 Å². The van der Waals surface area contributed by atoms with Crippen molar-refractivity contribution in [1.82, 2.24) is 5.32 Å². The summed E-state index contributed by atoms with van der Waals surface area (Å²) in [5, 5.41) is 3.50. The van der Waals surface area contributed by atoms with E-state index < -0.39 is 0 Å². The van der Waals surface area contributed by atoms with Crippen molar-refractivity contribution in [3.05, 3.63) is 21.3 Å². The molecular formula is C15H24ClNS. The van der Waals surface area contributed by atoms with Gasteiger partial charge in [-0.3, -0.25) is 0 Å². The Balaban J connectivity index is 1.94. The molecule has 1 fully saturated rings. The van der Waals surface area contributed by atoms with Gasteiger partial charge in [-0.05, 0) is 43.9 Å². The summed E-state index contributed by atoms with van der Waals surface area (Å²) < 4.78 is 0.907. The normalized spacial score (nSPS) is 26.2. The zero-order chi connectivity index (χ0) is 13.0. The summed E-state index contributed by atoms with van der Waals surface area (Å²) >= 11 is 7.78. The number of halogens is 1. The number of thiophene rings is 1. The molecule has 1 atom stereocenters. The zero-order valence-electron chi connectivity index (χ0n) is 11.4. The zero-order valence-corrected chi connectivity index (χ0v) is 13.0. The Bertz CT molecular complexity index is 355. The first-order chi connectivity index (χ1) is 8.74. The van der Waals surface area contributed by atoms with Crippen LogP contribution >= 0.6 is 22.9 Å². The van der Waals surface area contributed by atoms with Gasteiger partial charge in [-0.25, -0.2) is 0 Å². The second kappa shape index (κ2) is 6.93. The summed E-state index contributed by atoms with van der Waals surface area (Å²) in [5.41, 5.74) is 0. The lowest BCUT2D eigenvalue weighted by atomic mass is 9.77. The van der Waals surface area contributed by atoms with Crippen LogP contribution in [-0.4, -0.2) is 7.05 Å². The quantitative estimate of drug-likeness (QED) is 0.777. The Morgan fingerprint density at radius 1 is 1.33 bits per heavy atom. The Hall–Kier alpha value is -0.0500. The fraction of sp³-hybridized carbons (Fsp3) is 0.733. The van der Waals surface area contributed by atoms with E-state index in [4.69, 9.17) is 11.6 Å². The average molecular weight is 286 g/mol. The van der Waals surface area contributed by atoms with Crippen LogP contribution in [0.2, 0.25) is 4.34 Å². The molecule has 1 heterocycles. The van der Waals surface area contributed by atoms with E-state index in [1.165, 1.54) is 43.4 Å². The molecule has 0 bridgehead atoms. The van der Waals surface area contributed by atoms with Gasteiger partial charge < -0.3 is 5.32 Å². The topological polar surface area (TPSA) is 12.0 Å². The van der Waals surface area contributed by atoms with Crippen LogP contribution in [-0.2, 0) is 0 Å². The molecule has 0 radical (unpaired) electrons. The molecule has 0 spiro atoms. The van der Waals surface area contributed by atoms with Crippen LogP contribution in [0, 0.1) is 11.8 Å². The minimum Gasteiger partial charge on any atom is -0.312 e. The summed E-state index contributed by atoms with van der Waals surface area (Å²) in [7, 11) is 2.08. The molecule has 0 amide bonds. The van der Waals surface area contributed by atoms with Crippen LogP contribution in [0.15, 0.2) is 12.1 Å². The standard InChI is InChI=1S/C15H24ClNS/c1-3-4-11-5-7-12(8-6-11)15(17-2)13-9-10-14(16)18-13/h9-12,15,17H,3-8H2,1-2H3. The van der Waals surface area contributed by atoms with Gasteiger partial charge in [0.05, 0.1) is 4.34 Å². The SMILES string of the molecule is CCCC1CCC(C(NC)c2ccc(Cl)s2)CC1. The summed E-state index contributed by atoms with van der Waals surface area (Å²) in [5.74, 6) is 1.77. The molecular weight excluding hydrogens is 262 g/mol. The third-order valence-electron chi connectivity index (χ3n) is 4.27. The molecule has 18 heavy (non-hydrogen) atoms. The van der Waals surface area contributed by atoms with Crippen LogP contribution < -0.4 is 5.32 Å². The molecule has 102 valence electrons. The van der Waals surface area contributed by atoms with Gasteiger partial charge in [0.2, 0.25) is 0 Å². The van der Waals surface area contributed by atoms with E-state index in [1.807, 2.05) is 6.07 Å². The van der Waals surface area contributed by atoms with Gasteiger partial charge in [0.15, 0.2) is 0 Å². The number of nitrogens with one attached hydrogen (secondary N) is 1. The minimum atomic E-state index is 0.505. The Labute approximate surface area is 120 Å². The van der Waals surface area contributed by atoms with Gasteiger partial charge in [-0.1, -0.05) is 44.2 Å². The second-order valence-electron chi connectivity index (χ2n) is 5.48. The Morgan fingerprint density at radius 3 is 2.56 bits per heavy atom. The molecule has 0 saturated heterocycles. The maximum Gasteiger partial charge on any atom is 0.0931 e. The minimum absolute atomic E-state index is 0.505. The summed E-state index contributed by atoms with van der Waals surface area (Å²) in [6.07, 6.45) is 8.32. The van der Waals surface area contributed by atoms with Crippen LogP contribution in [0.25, 0.3) is 0 Å². The molecule has 2 rings (SSSR count). The molecule has 1 unspecified atom stereocenters. The monoisotopic (exact) mass is 285 g/mol. The van der Waals surface area contributed by atoms with Gasteiger partial charge in [0.1, 0.15) is 0 Å². The van der Waals surface area contributed by atoms with Gasteiger partial charge in [-0.15, -0.1) is 11.3 Å². The van der Waals surface area contributed by atoms with E-state index in [-0.39, 0.29) is 0 Å². The molecule has 3 heteroatoms. The first-order valence-electron chi connectivity index (χ1n) is 7.17. The lowest BCUT2D eigenvalue weighted by molar-refractivity contribution is 0.221. The lowest BCUT2D eigenvalue weighted by Crippen LogP contribution is -2.28. The molecule has 1 saturated carbocycles. The predicted octanol–water partition coefficient (Wildman–Crippen LogP) is 5.27. The van der Waals surface area contributed by atoms with E-state index in [2.05, 4.69) is 25.4 Å². The average Bonchev–Trinajstić information content (AvgIpc) is 2.79. The van der Waals surface area contributed by atoms with Crippen LogP contribution in [0.3, 0.4) is 0 Å². The van der Waals surface area contributed by atoms with Crippen LogP contribution in [0.5, 0.6) is 0 Å². The highest BCUT2D eigenvalue weighted by molar-refractivity contribution is 7.16. The highest BCUT2D eigenvalue weighted by Crippen LogP contribution is 2.40. The van der Waals surface area contributed by atoms with Gasteiger partial charge in [0.25, 0.3) is 0 Å². The second-order valence-corrected chi connectivity index (χ2v) is 7.22. The van der Waals surface area contributed by atoms with E-state index in [0.717, 1.165) is 16.2 Å². The number of rotatable bonds is 5. The van der Waals surface area contributed by atoms with E-state index in [0.29, 0.717) is 6.04 Å². The van der Waals surface area contributed by atoms with Gasteiger partial charge in [0, 0.05) is 10.9 Å². The van der Waals surface area contributed by atoms with Gasteiger partial charge in [-0.2, -0.15) is 0 Å². The lowest BCUT2D eigenvalue weighted by Gasteiger charge is -2.33. The van der Waals surface area contributed by atoms with Crippen molar-refractivity contribution in [2.45, 2.75) is 51.5 Å².